The maximum Gasteiger partial charge on any atom is 0.119 e. The normalized spacial score (nSPS) is 25.3. The molecule has 0 unspecified atom stereocenters. The number of ether oxygens (including phenoxy) is 1. The number of rotatable bonds is 8. The van der Waals surface area contributed by atoms with Crippen LogP contribution in [-0.4, -0.2) is 6.54 Å². The molecule has 3 aromatic carbocycles. The van der Waals surface area contributed by atoms with E-state index >= 15 is 0 Å². The molecule has 0 heterocycles. The van der Waals surface area contributed by atoms with Gasteiger partial charge in [-0.05, 0) is 88.3 Å². The SMILES string of the molecule is CC(C)c1ccc2c(c1)CC[C@@H]1[C@@](C)(CNCc3ccc(OCc4ccccc4)cc3)CCC[C@]21C. The molecule has 1 N–H and O–H groups in total. The van der Waals surface area contributed by atoms with Crippen LogP contribution >= 0.6 is 0 Å². The fourth-order valence-electron chi connectivity index (χ4n) is 7.15. The van der Waals surface area contributed by atoms with Crippen molar-refractivity contribution >= 4 is 0 Å². The summed E-state index contributed by atoms with van der Waals surface area (Å²) in [4.78, 5) is 0. The van der Waals surface area contributed by atoms with Crippen molar-refractivity contribution in [1.82, 2.24) is 5.32 Å². The van der Waals surface area contributed by atoms with Crippen molar-refractivity contribution in [3.63, 3.8) is 0 Å². The minimum atomic E-state index is 0.301. The summed E-state index contributed by atoms with van der Waals surface area (Å²) in [5.74, 6) is 2.27. The van der Waals surface area contributed by atoms with Crippen LogP contribution in [0, 0.1) is 11.3 Å². The van der Waals surface area contributed by atoms with Crippen molar-refractivity contribution in [3.8, 4) is 5.75 Å². The van der Waals surface area contributed by atoms with Crippen LogP contribution in [0.4, 0.5) is 0 Å². The van der Waals surface area contributed by atoms with Gasteiger partial charge < -0.3 is 10.1 Å². The Hall–Kier alpha value is -2.58. The van der Waals surface area contributed by atoms with Crippen molar-refractivity contribution in [2.75, 3.05) is 6.54 Å². The zero-order valence-electron chi connectivity index (χ0n) is 22.6. The standard InChI is InChI=1S/C34H43NO/c1-25(2)28-13-17-31-29(21-28)14-18-32-33(3,19-8-20-34(31,32)4)24-35-22-26-11-15-30(16-12-26)36-23-27-9-6-5-7-10-27/h5-7,9-13,15-17,21,25,32,35H,8,14,18-20,22-24H2,1-4H3/t32-,33-,34-/m1/s1. The van der Waals surface area contributed by atoms with Gasteiger partial charge in [-0.15, -0.1) is 0 Å². The maximum absolute atomic E-state index is 5.96. The van der Waals surface area contributed by atoms with Crippen molar-refractivity contribution < 1.29 is 4.74 Å². The molecule has 0 spiro atoms. The van der Waals surface area contributed by atoms with Gasteiger partial charge >= 0.3 is 0 Å². The Morgan fingerprint density at radius 3 is 2.44 bits per heavy atom. The lowest BCUT2D eigenvalue weighted by Gasteiger charge is -2.55. The first-order chi connectivity index (χ1) is 17.4. The second-order valence-corrected chi connectivity index (χ2v) is 12.1. The number of aryl methyl sites for hydroxylation is 1. The van der Waals surface area contributed by atoms with E-state index < -0.39 is 0 Å². The summed E-state index contributed by atoms with van der Waals surface area (Å²) in [5.41, 5.74) is 7.90. The largest absolute Gasteiger partial charge is 0.489 e. The van der Waals surface area contributed by atoms with Gasteiger partial charge in [0, 0.05) is 13.1 Å². The predicted molar refractivity (Wildman–Crippen MR) is 151 cm³/mol. The molecule has 3 aromatic rings. The van der Waals surface area contributed by atoms with Gasteiger partial charge in [0.15, 0.2) is 0 Å². The van der Waals surface area contributed by atoms with Crippen LogP contribution in [0.3, 0.4) is 0 Å². The minimum absolute atomic E-state index is 0.301. The molecule has 1 fully saturated rings. The third kappa shape index (κ3) is 5.11. The molecule has 0 radical (unpaired) electrons. The van der Waals surface area contributed by atoms with E-state index in [-0.39, 0.29) is 0 Å². The Bertz CT molecular complexity index is 1150. The van der Waals surface area contributed by atoms with Gasteiger partial charge in [0.05, 0.1) is 0 Å². The highest BCUT2D eigenvalue weighted by Crippen LogP contribution is 2.57. The Balaban J connectivity index is 1.20. The fourth-order valence-corrected chi connectivity index (χ4v) is 7.15. The van der Waals surface area contributed by atoms with Crippen LogP contribution in [0.2, 0.25) is 0 Å². The van der Waals surface area contributed by atoms with E-state index in [0.29, 0.717) is 23.4 Å². The van der Waals surface area contributed by atoms with E-state index in [1.165, 1.54) is 48.8 Å². The molecule has 36 heavy (non-hydrogen) atoms. The van der Waals surface area contributed by atoms with E-state index in [1.54, 1.807) is 11.1 Å². The van der Waals surface area contributed by atoms with E-state index in [2.05, 4.69) is 99.7 Å². The average molecular weight is 482 g/mol. The van der Waals surface area contributed by atoms with Crippen LogP contribution in [0.1, 0.15) is 87.1 Å². The molecule has 5 rings (SSSR count). The summed E-state index contributed by atoms with van der Waals surface area (Å²) in [7, 11) is 0. The topological polar surface area (TPSA) is 21.3 Å². The molecule has 1 saturated carbocycles. The lowest BCUT2D eigenvalue weighted by atomic mass is 9.49. The molecule has 0 saturated heterocycles. The summed E-state index contributed by atoms with van der Waals surface area (Å²) in [6.45, 7) is 12.3. The lowest BCUT2D eigenvalue weighted by Crippen LogP contribution is -2.52. The third-order valence-electron chi connectivity index (χ3n) is 9.20. The summed E-state index contributed by atoms with van der Waals surface area (Å²) in [6.07, 6.45) is 6.52. The smallest absolute Gasteiger partial charge is 0.119 e. The van der Waals surface area contributed by atoms with Crippen molar-refractivity contribution in [2.45, 2.75) is 84.3 Å². The molecule has 190 valence electrons. The van der Waals surface area contributed by atoms with Gasteiger partial charge in [0.2, 0.25) is 0 Å². The van der Waals surface area contributed by atoms with E-state index in [4.69, 9.17) is 4.74 Å². The zero-order valence-corrected chi connectivity index (χ0v) is 22.6. The van der Waals surface area contributed by atoms with E-state index in [9.17, 15) is 0 Å². The van der Waals surface area contributed by atoms with Crippen LogP contribution in [-0.2, 0) is 25.0 Å². The van der Waals surface area contributed by atoms with Gasteiger partial charge in [0.25, 0.3) is 0 Å². The molecule has 2 aliphatic carbocycles. The number of hydrogen-bond acceptors (Lipinski definition) is 2. The Morgan fingerprint density at radius 1 is 0.917 bits per heavy atom. The third-order valence-corrected chi connectivity index (χ3v) is 9.20. The highest BCUT2D eigenvalue weighted by molar-refractivity contribution is 5.42. The number of nitrogens with one attached hydrogen (secondary N) is 1. The average Bonchev–Trinajstić information content (AvgIpc) is 2.88. The molecule has 0 bridgehead atoms. The first-order valence-electron chi connectivity index (χ1n) is 14.0. The molecule has 0 aliphatic heterocycles. The number of fused-ring (bicyclic) bond motifs is 3. The van der Waals surface area contributed by atoms with Crippen LogP contribution in [0.15, 0.2) is 72.8 Å². The van der Waals surface area contributed by atoms with E-state index in [1.807, 2.05) is 6.07 Å². The zero-order chi connectivity index (χ0) is 25.2. The Labute approximate surface area is 218 Å². The Kier molecular flexibility index (Phi) is 7.26. The van der Waals surface area contributed by atoms with Gasteiger partial charge in [0.1, 0.15) is 12.4 Å². The number of benzene rings is 3. The van der Waals surface area contributed by atoms with Crippen LogP contribution in [0.25, 0.3) is 0 Å². The minimum Gasteiger partial charge on any atom is -0.489 e. The van der Waals surface area contributed by atoms with Gasteiger partial charge in [-0.25, -0.2) is 0 Å². The molecule has 2 heteroatoms. The monoisotopic (exact) mass is 481 g/mol. The van der Waals surface area contributed by atoms with Crippen molar-refractivity contribution in [1.29, 1.82) is 0 Å². The van der Waals surface area contributed by atoms with Crippen molar-refractivity contribution in [3.05, 3.63) is 101 Å². The highest BCUT2D eigenvalue weighted by atomic mass is 16.5. The lowest BCUT2D eigenvalue weighted by molar-refractivity contribution is 0.0257. The summed E-state index contributed by atoms with van der Waals surface area (Å²) in [5, 5.41) is 3.85. The second kappa shape index (κ2) is 10.4. The van der Waals surface area contributed by atoms with Gasteiger partial charge in [-0.2, -0.15) is 0 Å². The summed E-state index contributed by atoms with van der Waals surface area (Å²) < 4.78 is 5.96. The molecule has 3 atom stereocenters. The van der Waals surface area contributed by atoms with Gasteiger partial charge in [-0.3, -0.25) is 0 Å². The summed E-state index contributed by atoms with van der Waals surface area (Å²) >= 11 is 0. The first-order valence-corrected chi connectivity index (χ1v) is 14.0. The molecule has 0 amide bonds. The van der Waals surface area contributed by atoms with Crippen LogP contribution < -0.4 is 10.1 Å². The molecule has 0 aromatic heterocycles. The first kappa shape index (κ1) is 25.1. The predicted octanol–water partition coefficient (Wildman–Crippen LogP) is 8.19. The molecular weight excluding hydrogens is 438 g/mol. The second-order valence-electron chi connectivity index (χ2n) is 12.1. The Morgan fingerprint density at radius 2 is 1.69 bits per heavy atom. The van der Waals surface area contributed by atoms with Gasteiger partial charge in [-0.1, -0.05) is 94.8 Å². The maximum atomic E-state index is 5.96. The number of hydrogen-bond donors (Lipinski definition) is 1. The highest BCUT2D eigenvalue weighted by Gasteiger charge is 2.51. The van der Waals surface area contributed by atoms with Crippen LogP contribution in [0.5, 0.6) is 5.75 Å². The fraction of sp³-hybridized carbons (Fsp3) is 0.471. The molecule has 2 aliphatic rings. The molecule has 2 nitrogen and oxygen atoms in total. The van der Waals surface area contributed by atoms with E-state index in [0.717, 1.165) is 24.8 Å². The molecular formula is C34H43NO. The quantitative estimate of drug-likeness (QED) is 0.350. The summed E-state index contributed by atoms with van der Waals surface area (Å²) in [6, 6.07) is 26.3. The van der Waals surface area contributed by atoms with Crippen molar-refractivity contribution in [2.24, 2.45) is 11.3 Å².